The lowest BCUT2D eigenvalue weighted by atomic mass is 10.2. The van der Waals surface area contributed by atoms with Crippen molar-refractivity contribution in [1.82, 2.24) is 15.1 Å². The van der Waals surface area contributed by atoms with E-state index in [4.69, 9.17) is 5.73 Å². The van der Waals surface area contributed by atoms with Crippen molar-refractivity contribution in [3.8, 4) is 0 Å². The molecule has 0 aromatic heterocycles. The summed E-state index contributed by atoms with van der Waals surface area (Å²) in [7, 11) is 0. The van der Waals surface area contributed by atoms with Crippen LogP contribution in [0.3, 0.4) is 0 Å². The second kappa shape index (κ2) is 8.60. The van der Waals surface area contributed by atoms with Crippen LogP contribution >= 0.6 is 0 Å². The number of nitrogens with one attached hydrogen (secondary N) is 1. The Hall–Kier alpha value is -0.650. The highest BCUT2D eigenvalue weighted by molar-refractivity contribution is 5.78. The maximum absolute atomic E-state index is 11.8. The maximum Gasteiger partial charge on any atom is 0.234 e. The minimum atomic E-state index is 0.202. The highest BCUT2D eigenvalue weighted by Crippen LogP contribution is 2.27. The van der Waals surface area contributed by atoms with E-state index < -0.39 is 0 Å². The third kappa shape index (κ3) is 6.20. The van der Waals surface area contributed by atoms with Crippen LogP contribution in [0.1, 0.15) is 32.1 Å². The number of carbonyl (C=O) groups is 1. The minimum Gasteiger partial charge on any atom is -0.355 e. The zero-order chi connectivity index (χ0) is 14.2. The molecule has 1 aliphatic heterocycles. The number of amides is 1. The van der Waals surface area contributed by atoms with Gasteiger partial charge in [0, 0.05) is 32.7 Å². The highest BCUT2D eigenvalue weighted by Gasteiger charge is 2.23. The van der Waals surface area contributed by atoms with Crippen LogP contribution < -0.4 is 11.1 Å². The summed E-state index contributed by atoms with van der Waals surface area (Å²) < 4.78 is 0. The van der Waals surface area contributed by atoms with Gasteiger partial charge in [-0.1, -0.05) is 6.42 Å². The predicted octanol–water partition coefficient (Wildman–Crippen LogP) is 0.259. The summed E-state index contributed by atoms with van der Waals surface area (Å²) in [4.78, 5) is 16.6. The molecule has 0 unspecified atom stereocenters. The molecule has 5 nitrogen and oxygen atoms in total. The molecular formula is C15H30N4O. The van der Waals surface area contributed by atoms with Gasteiger partial charge in [-0.15, -0.1) is 0 Å². The molecule has 0 bridgehead atoms. The lowest BCUT2D eigenvalue weighted by molar-refractivity contribution is -0.122. The van der Waals surface area contributed by atoms with E-state index in [0.717, 1.165) is 51.6 Å². The largest absolute Gasteiger partial charge is 0.355 e. The topological polar surface area (TPSA) is 61.6 Å². The second-order valence-corrected chi connectivity index (χ2v) is 6.21. The molecule has 2 aliphatic rings. The zero-order valence-electron chi connectivity index (χ0n) is 12.6. The van der Waals surface area contributed by atoms with Crippen molar-refractivity contribution in [2.75, 3.05) is 52.4 Å². The van der Waals surface area contributed by atoms with E-state index in [1.165, 1.54) is 32.2 Å². The van der Waals surface area contributed by atoms with Crippen LogP contribution in [0, 0.1) is 5.92 Å². The van der Waals surface area contributed by atoms with Gasteiger partial charge in [-0.25, -0.2) is 0 Å². The molecule has 1 saturated heterocycles. The number of carbonyl (C=O) groups excluding carboxylic acids is 1. The molecule has 1 amide bonds. The molecule has 0 atom stereocenters. The Balaban J connectivity index is 1.50. The van der Waals surface area contributed by atoms with Crippen LogP contribution in [-0.2, 0) is 4.79 Å². The van der Waals surface area contributed by atoms with E-state index in [2.05, 4.69) is 15.1 Å². The number of rotatable bonds is 9. The van der Waals surface area contributed by atoms with Gasteiger partial charge < -0.3 is 16.0 Å². The van der Waals surface area contributed by atoms with Crippen molar-refractivity contribution in [3.63, 3.8) is 0 Å². The quantitative estimate of drug-likeness (QED) is 0.596. The monoisotopic (exact) mass is 282 g/mol. The summed E-state index contributed by atoms with van der Waals surface area (Å²) in [5.74, 6) is 0.970. The van der Waals surface area contributed by atoms with Crippen LogP contribution in [0.5, 0.6) is 0 Å². The van der Waals surface area contributed by atoms with Gasteiger partial charge >= 0.3 is 0 Å². The van der Waals surface area contributed by atoms with E-state index in [0.29, 0.717) is 6.54 Å². The second-order valence-electron chi connectivity index (χ2n) is 6.21. The van der Waals surface area contributed by atoms with Crippen molar-refractivity contribution >= 4 is 5.91 Å². The van der Waals surface area contributed by atoms with Crippen molar-refractivity contribution in [2.24, 2.45) is 11.7 Å². The first-order valence-electron chi connectivity index (χ1n) is 8.19. The molecule has 1 aliphatic carbocycles. The number of nitrogens with two attached hydrogens (primary N) is 1. The molecule has 2 fully saturated rings. The molecule has 2 rings (SSSR count). The predicted molar refractivity (Wildman–Crippen MR) is 81.5 cm³/mol. The highest BCUT2D eigenvalue weighted by atomic mass is 16.2. The lowest BCUT2D eigenvalue weighted by Crippen LogP contribution is -2.49. The van der Waals surface area contributed by atoms with E-state index in [-0.39, 0.29) is 5.91 Å². The first-order chi connectivity index (χ1) is 9.78. The number of hydrogen-bond donors (Lipinski definition) is 2. The average Bonchev–Trinajstić information content (AvgIpc) is 3.27. The van der Waals surface area contributed by atoms with Crippen LogP contribution in [0.4, 0.5) is 0 Å². The van der Waals surface area contributed by atoms with Crippen LogP contribution in [0.15, 0.2) is 0 Å². The average molecular weight is 282 g/mol. The lowest BCUT2D eigenvalue weighted by Gasteiger charge is -2.34. The van der Waals surface area contributed by atoms with Crippen molar-refractivity contribution in [3.05, 3.63) is 0 Å². The van der Waals surface area contributed by atoms with Crippen molar-refractivity contribution in [1.29, 1.82) is 0 Å². The molecule has 3 N–H and O–H groups in total. The summed E-state index contributed by atoms with van der Waals surface area (Å²) in [6.45, 7) is 7.69. The summed E-state index contributed by atoms with van der Waals surface area (Å²) in [6, 6.07) is 0. The molecular weight excluding hydrogens is 252 g/mol. The fourth-order valence-corrected chi connectivity index (χ4v) is 2.67. The number of hydrogen-bond acceptors (Lipinski definition) is 4. The standard InChI is InChI=1S/C15H30N4O/c16-6-2-1-3-7-18-8-10-19(11-9-18)13-15(20)17-12-14-4-5-14/h14H,1-13,16H2,(H,17,20). The van der Waals surface area contributed by atoms with E-state index >= 15 is 0 Å². The fraction of sp³-hybridized carbons (Fsp3) is 0.933. The van der Waals surface area contributed by atoms with Gasteiger partial charge in [-0.2, -0.15) is 0 Å². The molecule has 0 radical (unpaired) electrons. The SMILES string of the molecule is NCCCCCN1CCN(CC(=O)NCC2CC2)CC1. The maximum atomic E-state index is 11.8. The number of piperazine rings is 1. The minimum absolute atomic E-state index is 0.202. The molecule has 1 heterocycles. The van der Waals surface area contributed by atoms with Gasteiger partial charge in [0.1, 0.15) is 0 Å². The molecule has 20 heavy (non-hydrogen) atoms. The van der Waals surface area contributed by atoms with Gasteiger partial charge in [-0.3, -0.25) is 9.69 Å². The summed E-state index contributed by atoms with van der Waals surface area (Å²) in [5.41, 5.74) is 5.50. The first kappa shape index (κ1) is 15.7. The molecule has 5 heteroatoms. The van der Waals surface area contributed by atoms with Gasteiger partial charge in [-0.05, 0) is 44.7 Å². The molecule has 0 spiro atoms. The van der Waals surface area contributed by atoms with Gasteiger partial charge in [0.25, 0.3) is 0 Å². The van der Waals surface area contributed by atoms with Crippen LogP contribution in [0.2, 0.25) is 0 Å². The Morgan fingerprint density at radius 3 is 2.40 bits per heavy atom. The van der Waals surface area contributed by atoms with Gasteiger partial charge in [0.05, 0.1) is 6.54 Å². The molecule has 0 aromatic rings. The molecule has 116 valence electrons. The summed E-state index contributed by atoms with van der Waals surface area (Å²) in [5, 5.41) is 3.05. The first-order valence-corrected chi connectivity index (χ1v) is 8.19. The Labute approximate surface area is 122 Å². The Morgan fingerprint density at radius 2 is 1.75 bits per heavy atom. The smallest absolute Gasteiger partial charge is 0.234 e. The van der Waals surface area contributed by atoms with Gasteiger partial charge in [0.15, 0.2) is 0 Å². The number of nitrogens with zero attached hydrogens (tertiary/aromatic N) is 2. The van der Waals surface area contributed by atoms with Crippen molar-refractivity contribution < 1.29 is 4.79 Å². The Bertz CT molecular complexity index is 286. The van der Waals surface area contributed by atoms with E-state index in [9.17, 15) is 4.79 Å². The molecule has 1 saturated carbocycles. The van der Waals surface area contributed by atoms with E-state index in [1.54, 1.807) is 0 Å². The third-order valence-corrected chi connectivity index (χ3v) is 4.30. The Morgan fingerprint density at radius 1 is 1.05 bits per heavy atom. The number of unbranched alkanes of at least 4 members (excludes halogenated alkanes) is 2. The van der Waals surface area contributed by atoms with Crippen molar-refractivity contribution in [2.45, 2.75) is 32.1 Å². The van der Waals surface area contributed by atoms with Gasteiger partial charge in [0.2, 0.25) is 5.91 Å². The van der Waals surface area contributed by atoms with Crippen LogP contribution in [0.25, 0.3) is 0 Å². The summed E-state index contributed by atoms with van der Waals surface area (Å²) >= 11 is 0. The normalized spacial score (nSPS) is 21.1. The Kier molecular flexibility index (Phi) is 6.76. The summed E-state index contributed by atoms with van der Waals surface area (Å²) in [6.07, 6.45) is 6.21. The van der Waals surface area contributed by atoms with Crippen LogP contribution in [-0.4, -0.2) is 68.1 Å². The fourth-order valence-electron chi connectivity index (χ4n) is 2.67. The van der Waals surface area contributed by atoms with E-state index in [1.807, 2.05) is 0 Å². The zero-order valence-corrected chi connectivity index (χ0v) is 12.6. The molecule has 0 aromatic carbocycles. The third-order valence-electron chi connectivity index (χ3n) is 4.30.